The molecule has 1 heterocycles. The molecule has 0 aromatic carbocycles. The second-order valence-electron chi connectivity index (χ2n) is 4.72. The molecule has 0 aromatic heterocycles. The summed E-state index contributed by atoms with van der Waals surface area (Å²) in [6.07, 6.45) is 1.54. The second-order valence-corrected chi connectivity index (χ2v) is 4.72. The predicted octanol–water partition coefficient (Wildman–Crippen LogP) is -0.395. The summed E-state index contributed by atoms with van der Waals surface area (Å²) in [6.45, 7) is 9.09. The second kappa shape index (κ2) is 6.93. The van der Waals surface area contributed by atoms with Crippen molar-refractivity contribution in [3.05, 3.63) is 0 Å². The van der Waals surface area contributed by atoms with Crippen molar-refractivity contribution in [1.29, 1.82) is 0 Å². The first kappa shape index (κ1) is 14.4. The summed E-state index contributed by atoms with van der Waals surface area (Å²) in [5.41, 5.74) is 11.0. The van der Waals surface area contributed by atoms with Gasteiger partial charge in [0.1, 0.15) is 0 Å². The van der Waals surface area contributed by atoms with E-state index >= 15 is 0 Å². The van der Waals surface area contributed by atoms with E-state index in [-0.39, 0.29) is 11.9 Å². The number of carbonyl (C=O) groups excluding carboxylic acids is 1. The van der Waals surface area contributed by atoms with Gasteiger partial charge in [0.25, 0.3) is 0 Å². The van der Waals surface area contributed by atoms with Crippen molar-refractivity contribution < 1.29 is 4.79 Å². The van der Waals surface area contributed by atoms with Crippen molar-refractivity contribution in [2.75, 3.05) is 32.7 Å². The van der Waals surface area contributed by atoms with Gasteiger partial charge < -0.3 is 11.5 Å². The quantitative estimate of drug-likeness (QED) is 0.637. The van der Waals surface area contributed by atoms with Gasteiger partial charge in [0.15, 0.2) is 0 Å². The molecule has 1 fully saturated rings. The van der Waals surface area contributed by atoms with Crippen LogP contribution in [-0.4, -0.2) is 60.5 Å². The fraction of sp³-hybridized carbons (Fsp3) is 0.917. The van der Waals surface area contributed by atoms with Gasteiger partial charge in [-0.25, -0.2) is 0 Å². The highest BCUT2D eigenvalue weighted by Crippen LogP contribution is 2.18. The Morgan fingerprint density at radius 3 is 2.59 bits per heavy atom. The van der Waals surface area contributed by atoms with Crippen LogP contribution in [0.3, 0.4) is 0 Å². The number of rotatable bonds is 7. The first-order chi connectivity index (χ1) is 8.12. The minimum Gasteiger partial charge on any atom is -0.370 e. The fourth-order valence-electron chi connectivity index (χ4n) is 2.73. The number of nitrogens with two attached hydrogens (primary N) is 2. The Morgan fingerprint density at radius 1 is 1.47 bits per heavy atom. The Kier molecular flexibility index (Phi) is 5.88. The molecule has 2 unspecified atom stereocenters. The van der Waals surface area contributed by atoms with E-state index in [1.807, 2.05) is 0 Å². The van der Waals surface area contributed by atoms with E-state index in [2.05, 4.69) is 23.6 Å². The van der Waals surface area contributed by atoms with Gasteiger partial charge in [0.05, 0.1) is 0 Å². The van der Waals surface area contributed by atoms with Crippen molar-refractivity contribution in [3.8, 4) is 0 Å². The minimum atomic E-state index is -0.258. The van der Waals surface area contributed by atoms with Crippen LogP contribution in [-0.2, 0) is 4.79 Å². The number of carbonyl (C=O) groups is 1. The van der Waals surface area contributed by atoms with E-state index < -0.39 is 0 Å². The van der Waals surface area contributed by atoms with Gasteiger partial charge in [0.2, 0.25) is 5.91 Å². The molecule has 0 radical (unpaired) electrons. The maximum absolute atomic E-state index is 11.0. The zero-order valence-corrected chi connectivity index (χ0v) is 11.1. The lowest BCUT2D eigenvalue weighted by molar-refractivity contribution is -0.119. The molecule has 0 aliphatic carbocycles. The van der Waals surface area contributed by atoms with Crippen LogP contribution < -0.4 is 11.5 Å². The van der Waals surface area contributed by atoms with Gasteiger partial charge >= 0.3 is 0 Å². The number of likely N-dealkylation sites (N-methyl/N-ethyl adjacent to an activating group) is 1. The third-order valence-electron chi connectivity index (χ3n) is 3.75. The Bertz CT molecular complexity index is 243. The molecule has 5 nitrogen and oxygen atoms in total. The molecular weight excluding hydrogens is 216 g/mol. The van der Waals surface area contributed by atoms with E-state index in [1.165, 1.54) is 0 Å². The average Bonchev–Trinajstić information content (AvgIpc) is 2.76. The standard InChI is InChI=1S/C12H26N4O/c1-3-15(4-2)10-5-6-16(9-10)11(8-13)7-12(14)17/h10-11H,3-9,13H2,1-2H3,(H2,14,17). The molecule has 100 valence electrons. The van der Waals surface area contributed by atoms with Crippen LogP contribution >= 0.6 is 0 Å². The number of primary amides is 1. The van der Waals surface area contributed by atoms with Gasteiger partial charge in [-0.15, -0.1) is 0 Å². The van der Waals surface area contributed by atoms with Gasteiger partial charge in [-0.05, 0) is 19.5 Å². The maximum Gasteiger partial charge on any atom is 0.219 e. The molecule has 1 aliphatic rings. The molecule has 4 N–H and O–H groups in total. The van der Waals surface area contributed by atoms with Crippen LogP contribution in [0.2, 0.25) is 0 Å². The van der Waals surface area contributed by atoms with Crippen molar-refractivity contribution in [2.24, 2.45) is 11.5 Å². The molecule has 0 spiro atoms. The smallest absolute Gasteiger partial charge is 0.219 e. The molecule has 0 saturated carbocycles. The summed E-state index contributed by atoms with van der Waals surface area (Å²) >= 11 is 0. The topological polar surface area (TPSA) is 75.6 Å². The fourth-order valence-corrected chi connectivity index (χ4v) is 2.73. The average molecular weight is 242 g/mol. The van der Waals surface area contributed by atoms with Crippen molar-refractivity contribution in [1.82, 2.24) is 9.80 Å². The van der Waals surface area contributed by atoms with E-state index in [4.69, 9.17) is 11.5 Å². The Morgan fingerprint density at radius 2 is 2.12 bits per heavy atom. The molecule has 0 bridgehead atoms. The van der Waals surface area contributed by atoms with Gasteiger partial charge in [0, 0.05) is 38.1 Å². The van der Waals surface area contributed by atoms with E-state index in [1.54, 1.807) is 0 Å². The van der Waals surface area contributed by atoms with Crippen LogP contribution in [0.15, 0.2) is 0 Å². The molecule has 5 heteroatoms. The van der Waals surface area contributed by atoms with Gasteiger partial charge in [-0.2, -0.15) is 0 Å². The first-order valence-electron chi connectivity index (χ1n) is 6.58. The van der Waals surface area contributed by atoms with Crippen LogP contribution in [0.4, 0.5) is 0 Å². The zero-order valence-electron chi connectivity index (χ0n) is 11.1. The maximum atomic E-state index is 11.0. The lowest BCUT2D eigenvalue weighted by atomic mass is 10.1. The van der Waals surface area contributed by atoms with Crippen LogP contribution in [0.1, 0.15) is 26.7 Å². The normalized spacial score (nSPS) is 23.2. The summed E-state index contributed by atoms with van der Waals surface area (Å²) < 4.78 is 0. The highest BCUT2D eigenvalue weighted by Gasteiger charge is 2.30. The lowest BCUT2D eigenvalue weighted by Crippen LogP contribution is -2.44. The summed E-state index contributed by atoms with van der Waals surface area (Å²) in [5.74, 6) is -0.258. The number of likely N-dealkylation sites (tertiary alicyclic amines) is 1. The molecule has 17 heavy (non-hydrogen) atoms. The van der Waals surface area contributed by atoms with Gasteiger partial charge in [-0.1, -0.05) is 13.8 Å². The van der Waals surface area contributed by atoms with Crippen molar-refractivity contribution >= 4 is 5.91 Å². The number of amides is 1. The third-order valence-corrected chi connectivity index (χ3v) is 3.75. The monoisotopic (exact) mass is 242 g/mol. The molecule has 0 aromatic rings. The summed E-state index contributed by atoms with van der Waals surface area (Å²) in [5, 5.41) is 0. The first-order valence-corrected chi connectivity index (χ1v) is 6.58. The van der Waals surface area contributed by atoms with Crippen LogP contribution in [0.25, 0.3) is 0 Å². The highest BCUT2D eigenvalue weighted by atomic mass is 16.1. The summed E-state index contributed by atoms with van der Waals surface area (Å²) in [7, 11) is 0. The molecule has 1 rings (SSSR count). The summed E-state index contributed by atoms with van der Waals surface area (Å²) in [6, 6.07) is 0.722. The number of hydrogen-bond donors (Lipinski definition) is 2. The van der Waals surface area contributed by atoms with E-state index in [9.17, 15) is 4.79 Å². The predicted molar refractivity (Wildman–Crippen MR) is 69.6 cm³/mol. The largest absolute Gasteiger partial charge is 0.370 e. The van der Waals surface area contributed by atoms with Gasteiger partial charge in [-0.3, -0.25) is 14.6 Å². The highest BCUT2D eigenvalue weighted by molar-refractivity contribution is 5.74. The van der Waals surface area contributed by atoms with Crippen LogP contribution in [0, 0.1) is 0 Å². The molecule has 1 amide bonds. The third kappa shape index (κ3) is 3.94. The van der Waals surface area contributed by atoms with Crippen molar-refractivity contribution in [3.63, 3.8) is 0 Å². The van der Waals surface area contributed by atoms with E-state index in [0.29, 0.717) is 19.0 Å². The number of nitrogens with zero attached hydrogens (tertiary/aromatic N) is 2. The molecule has 2 atom stereocenters. The van der Waals surface area contributed by atoms with Crippen molar-refractivity contribution in [2.45, 2.75) is 38.8 Å². The molecule has 1 saturated heterocycles. The zero-order chi connectivity index (χ0) is 12.8. The van der Waals surface area contributed by atoms with E-state index in [0.717, 1.165) is 32.6 Å². The minimum absolute atomic E-state index is 0.119. The SMILES string of the molecule is CCN(CC)C1CCN(C(CN)CC(N)=O)C1. The summed E-state index contributed by atoms with van der Waals surface area (Å²) in [4.78, 5) is 15.8. The Hall–Kier alpha value is -0.650. The Balaban J connectivity index is 2.50. The Labute approximate surface area is 104 Å². The molecular formula is C12H26N4O. The molecule has 1 aliphatic heterocycles. The number of hydrogen-bond acceptors (Lipinski definition) is 4. The lowest BCUT2D eigenvalue weighted by Gasteiger charge is -2.29. The van der Waals surface area contributed by atoms with Crippen LogP contribution in [0.5, 0.6) is 0 Å².